The van der Waals surface area contributed by atoms with Gasteiger partial charge in [-0.2, -0.15) is 0 Å². The van der Waals surface area contributed by atoms with Crippen LogP contribution in [0.25, 0.3) is 5.57 Å². The Kier molecular flexibility index (Phi) is 6.84. The fourth-order valence-corrected chi connectivity index (χ4v) is 2.47. The van der Waals surface area contributed by atoms with Crippen LogP contribution in [0, 0.1) is 0 Å². The molecule has 25 heavy (non-hydrogen) atoms. The third-order valence-electron chi connectivity index (χ3n) is 3.71. The zero-order chi connectivity index (χ0) is 18.1. The Labute approximate surface area is 148 Å². The minimum atomic E-state index is -0.277. The van der Waals surface area contributed by atoms with Crippen LogP contribution in [-0.2, 0) is 9.53 Å². The average molecular weight is 338 g/mol. The van der Waals surface area contributed by atoms with E-state index in [1.807, 2.05) is 60.7 Å². The number of esters is 1. The smallest absolute Gasteiger partial charge is 0.309 e. The minimum absolute atomic E-state index is 0.220. The molecule has 0 atom stereocenters. The van der Waals surface area contributed by atoms with Gasteiger partial charge in [0.05, 0.1) is 27.8 Å². The van der Waals surface area contributed by atoms with Crippen molar-refractivity contribution in [1.82, 2.24) is 0 Å². The van der Waals surface area contributed by atoms with E-state index in [4.69, 9.17) is 9.47 Å². The van der Waals surface area contributed by atoms with Gasteiger partial charge in [0.15, 0.2) is 0 Å². The maximum atomic E-state index is 11.3. The molecule has 2 aromatic rings. The van der Waals surface area contributed by atoms with Crippen molar-refractivity contribution in [3.05, 3.63) is 77.9 Å². The highest BCUT2D eigenvalue weighted by Gasteiger charge is 2.13. The number of carbonyl (C=O) groups is 1. The molecular formula is C21H22O4. The topological polar surface area (TPSA) is 44.8 Å². The van der Waals surface area contributed by atoms with Crippen LogP contribution in [0.1, 0.15) is 17.5 Å². The lowest BCUT2D eigenvalue weighted by Gasteiger charge is -2.15. The third kappa shape index (κ3) is 4.73. The first-order chi connectivity index (χ1) is 12.2. The number of hydrogen-bond donors (Lipinski definition) is 0. The zero-order valence-corrected chi connectivity index (χ0v) is 14.7. The van der Waals surface area contributed by atoms with E-state index >= 15 is 0 Å². The summed E-state index contributed by atoms with van der Waals surface area (Å²) < 4.78 is 15.7. The van der Waals surface area contributed by atoms with Crippen LogP contribution < -0.4 is 9.47 Å². The van der Waals surface area contributed by atoms with E-state index < -0.39 is 0 Å². The van der Waals surface area contributed by atoms with E-state index in [0.717, 1.165) is 28.2 Å². The summed E-state index contributed by atoms with van der Waals surface area (Å²) in [6.07, 6.45) is 5.76. The Morgan fingerprint density at radius 2 is 1.40 bits per heavy atom. The average Bonchev–Trinajstić information content (AvgIpc) is 2.67. The second-order valence-electron chi connectivity index (χ2n) is 5.19. The van der Waals surface area contributed by atoms with Gasteiger partial charge >= 0.3 is 5.97 Å². The van der Waals surface area contributed by atoms with Crippen LogP contribution in [0.3, 0.4) is 0 Å². The second kappa shape index (κ2) is 9.33. The van der Waals surface area contributed by atoms with Crippen molar-refractivity contribution in [1.29, 1.82) is 0 Å². The summed E-state index contributed by atoms with van der Waals surface area (Å²) in [5, 5.41) is 0. The number of carbonyl (C=O) groups excluding carboxylic acids is 1. The van der Waals surface area contributed by atoms with E-state index in [1.165, 1.54) is 7.11 Å². The van der Waals surface area contributed by atoms with Crippen LogP contribution in [0.4, 0.5) is 0 Å². The van der Waals surface area contributed by atoms with Crippen LogP contribution in [-0.4, -0.2) is 27.3 Å². The Morgan fingerprint density at radius 3 is 1.88 bits per heavy atom. The van der Waals surface area contributed by atoms with E-state index in [-0.39, 0.29) is 12.4 Å². The largest absolute Gasteiger partial charge is 0.496 e. The molecule has 2 aromatic carbocycles. The molecule has 0 fully saturated rings. The first kappa shape index (κ1) is 18.3. The molecule has 0 saturated heterocycles. The molecule has 2 rings (SSSR count). The van der Waals surface area contributed by atoms with Crippen molar-refractivity contribution in [3.63, 3.8) is 0 Å². The SMILES string of the molecule is COC(=O)CC=CC=C(c1ccccc1OC)c1ccccc1OC. The number of rotatable bonds is 7. The number of allylic oxidation sites excluding steroid dienone is 2. The number of hydrogen-bond acceptors (Lipinski definition) is 4. The Balaban J connectivity index is 2.50. The van der Waals surface area contributed by atoms with Crippen molar-refractivity contribution in [2.24, 2.45) is 0 Å². The summed E-state index contributed by atoms with van der Waals surface area (Å²) in [6.45, 7) is 0. The first-order valence-corrected chi connectivity index (χ1v) is 7.91. The molecule has 0 aromatic heterocycles. The van der Waals surface area contributed by atoms with Gasteiger partial charge < -0.3 is 14.2 Å². The highest BCUT2D eigenvalue weighted by atomic mass is 16.5. The molecule has 0 heterocycles. The molecule has 0 N–H and O–H groups in total. The molecule has 0 bridgehead atoms. The molecule has 4 nitrogen and oxygen atoms in total. The van der Waals surface area contributed by atoms with Gasteiger partial charge in [-0.05, 0) is 17.7 Å². The number of benzene rings is 2. The van der Waals surface area contributed by atoms with Gasteiger partial charge in [0.25, 0.3) is 0 Å². The van der Waals surface area contributed by atoms with Crippen LogP contribution in [0.15, 0.2) is 66.8 Å². The molecule has 0 radical (unpaired) electrons. The fourth-order valence-electron chi connectivity index (χ4n) is 2.47. The normalized spacial score (nSPS) is 10.4. The molecule has 0 spiro atoms. The first-order valence-electron chi connectivity index (χ1n) is 7.91. The molecular weight excluding hydrogens is 316 g/mol. The highest BCUT2D eigenvalue weighted by molar-refractivity contribution is 5.86. The van der Waals surface area contributed by atoms with Crippen molar-refractivity contribution < 1.29 is 19.0 Å². The van der Waals surface area contributed by atoms with E-state index in [2.05, 4.69) is 4.74 Å². The highest BCUT2D eigenvalue weighted by Crippen LogP contribution is 2.35. The molecule has 0 amide bonds. The van der Waals surface area contributed by atoms with Gasteiger partial charge in [-0.1, -0.05) is 54.6 Å². The summed E-state index contributed by atoms with van der Waals surface area (Å²) in [5.41, 5.74) is 2.82. The standard InChI is InChI=1S/C21H22O4/c1-23-19-13-7-4-11-17(19)16(10-6-9-15-21(22)25-3)18-12-5-8-14-20(18)24-2/h4-14H,15H2,1-3H3. The summed E-state index contributed by atoms with van der Waals surface area (Å²) in [5.74, 6) is 1.25. The van der Waals surface area contributed by atoms with E-state index in [9.17, 15) is 4.79 Å². The molecule has 130 valence electrons. The van der Waals surface area contributed by atoms with Crippen molar-refractivity contribution in [2.75, 3.05) is 21.3 Å². The summed E-state index contributed by atoms with van der Waals surface area (Å²) in [4.78, 5) is 11.3. The van der Waals surface area contributed by atoms with Crippen molar-refractivity contribution in [3.8, 4) is 11.5 Å². The molecule has 0 aliphatic carbocycles. The lowest BCUT2D eigenvalue weighted by molar-refractivity contribution is -0.139. The van der Waals surface area contributed by atoms with E-state index in [1.54, 1.807) is 20.3 Å². The van der Waals surface area contributed by atoms with Gasteiger partial charge in [0.2, 0.25) is 0 Å². The number of ether oxygens (including phenoxy) is 3. The molecule has 4 heteroatoms. The van der Waals surface area contributed by atoms with Gasteiger partial charge in [-0.25, -0.2) is 0 Å². The fraction of sp³-hybridized carbons (Fsp3) is 0.190. The summed E-state index contributed by atoms with van der Waals surface area (Å²) >= 11 is 0. The lowest BCUT2D eigenvalue weighted by Crippen LogP contribution is -1.97. The van der Waals surface area contributed by atoms with Crippen LogP contribution in [0.2, 0.25) is 0 Å². The van der Waals surface area contributed by atoms with Crippen LogP contribution in [0.5, 0.6) is 11.5 Å². The van der Waals surface area contributed by atoms with Gasteiger partial charge in [-0.3, -0.25) is 4.79 Å². The molecule has 0 aliphatic rings. The third-order valence-corrected chi connectivity index (χ3v) is 3.71. The summed E-state index contributed by atoms with van der Waals surface area (Å²) in [6, 6.07) is 15.6. The molecule has 0 aliphatic heterocycles. The number of para-hydroxylation sites is 2. The minimum Gasteiger partial charge on any atom is -0.496 e. The molecule has 0 saturated carbocycles. The maximum absolute atomic E-state index is 11.3. The Hall–Kier alpha value is -3.01. The van der Waals surface area contributed by atoms with Gasteiger partial charge in [0, 0.05) is 11.1 Å². The maximum Gasteiger partial charge on any atom is 0.309 e. The Morgan fingerprint density at radius 1 is 0.880 bits per heavy atom. The van der Waals surface area contributed by atoms with Crippen molar-refractivity contribution in [2.45, 2.75) is 6.42 Å². The quantitative estimate of drug-likeness (QED) is 0.559. The Bertz CT molecular complexity index is 725. The zero-order valence-electron chi connectivity index (χ0n) is 14.7. The molecule has 0 unspecified atom stereocenters. The van der Waals surface area contributed by atoms with E-state index in [0.29, 0.717) is 0 Å². The monoisotopic (exact) mass is 338 g/mol. The summed E-state index contributed by atoms with van der Waals surface area (Å²) in [7, 11) is 4.67. The number of methoxy groups -OCH3 is 3. The predicted octanol–water partition coefficient (Wildman–Crippen LogP) is 4.25. The predicted molar refractivity (Wildman–Crippen MR) is 98.8 cm³/mol. The van der Waals surface area contributed by atoms with Gasteiger partial charge in [0.1, 0.15) is 11.5 Å². The van der Waals surface area contributed by atoms with Crippen molar-refractivity contribution >= 4 is 11.5 Å². The lowest BCUT2D eigenvalue weighted by atomic mass is 9.95. The second-order valence-corrected chi connectivity index (χ2v) is 5.19. The van der Waals surface area contributed by atoms with Crippen LogP contribution >= 0.6 is 0 Å². The van der Waals surface area contributed by atoms with Gasteiger partial charge in [-0.15, -0.1) is 0 Å².